The van der Waals surface area contributed by atoms with Crippen LogP contribution in [0.25, 0.3) is 11.4 Å². The highest BCUT2D eigenvalue weighted by atomic mass is 16.5. The number of anilines is 1. The van der Waals surface area contributed by atoms with Crippen LogP contribution in [0.3, 0.4) is 0 Å². The summed E-state index contributed by atoms with van der Waals surface area (Å²) in [5.74, 6) is -2.23. The summed E-state index contributed by atoms with van der Waals surface area (Å²) in [6.07, 6.45) is 0. The van der Waals surface area contributed by atoms with Crippen molar-refractivity contribution < 1.29 is 19.1 Å². The molecule has 2 aromatic carbocycles. The second kappa shape index (κ2) is 9.71. The normalized spacial score (nSPS) is 15.5. The standard InChI is InChI=1S/C25H23N7O4/c1-14-10-11-16(23-28-30-31(2)29-23)12-18(14)32-21(25(34)36-4)20(24(33)35-3)19(17(13-26)22(32)27)15-8-6-5-7-9-15/h5-12,19H,27H2,1-4H3. The van der Waals surface area contributed by atoms with Gasteiger partial charge in [0, 0.05) is 5.56 Å². The van der Waals surface area contributed by atoms with Crippen LogP contribution in [0, 0.1) is 18.3 Å². The molecule has 1 aromatic heterocycles. The van der Waals surface area contributed by atoms with Gasteiger partial charge in [0.05, 0.1) is 50.1 Å². The summed E-state index contributed by atoms with van der Waals surface area (Å²) >= 11 is 0. The van der Waals surface area contributed by atoms with Crippen molar-refractivity contribution in [1.29, 1.82) is 5.26 Å². The van der Waals surface area contributed by atoms with Gasteiger partial charge in [-0.1, -0.05) is 42.5 Å². The van der Waals surface area contributed by atoms with Gasteiger partial charge in [-0.05, 0) is 29.3 Å². The molecule has 11 heteroatoms. The Morgan fingerprint density at radius 2 is 1.78 bits per heavy atom. The van der Waals surface area contributed by atoms with E-state index in [1.165, 1.54) is 23.9 Å². The maximum absolute atomic E-state index is 13.2. The Balaban J connectivity index is 2.06. The summed E-state index contributed by atoms with van der Waals surface area (Å²) in [5.41, 5.74) is 8.75. The zero-order chi connectivity index (χ0) is 26.0. The first-order valence-electron chi connectivity index (χ1n) is 10.8. The Kier molecular flexibility index (Phi) is 6.52. The van der Waals surface area contributed by atoms with Crippen LogP contribution in [0.15, 0.2) is 71.2 Å². The number of nitrogens with two attached hydrogens (primary N) is 1. The van der Waals surface area contributed by atoms with E-state index in [1.807, 2.05) is 0 Å². The first-order chi connectivity index (χ1) is 17.3. The van der Waals surface area contributed by atoms with Gasteiger partial charge >= 0.3 is 11.9 Å². The van der Waals surface area contributed by atoms with Crippen LogP contribution in [0.2, 0.25) is 0 Å². The molecule has 0 radical (unpaired) electrons. The molecule has 1 aliphatic rings. The number of nitrogens with zero attached hydrogens (tertiary/aromatic N) is 6. The van der Waals surface area contributed by atoms with Crippen LogP contribution in [0.5, 0.6) is 0 Å². The highest BCUT2D eigenvalue weighted by Crippen LogP contribution is 2.44. The maximum Gasteiger partial charge on any atom is 0.355 e. The molecule has 2 heterocycles. The lowest BCUT2D eigenvalue weighted by atomic mass is 9.80. The van der Waals surface area contributed by atoms with E-state index in [-0.39, 0.29) is 22.7 Å². The van der Waals surface area contributed by atoms with Crippen molar-refractivity contribution in [2.75, 3.05) is 19.1 Å². The monoisotopic (exact) mass is 485 g/mol. The molecule has 1 unspecified atom stereocenters. The third kappa shape index (κ3) is 4.05. The molecule has 1 aliphatic heterocycles. The first-order valence-corrected chi connectivity index (χ1v) is 10.8. The van der Waals surface area contributed by atoms with Crippen molar-refractivity contribution in [2.24, 2.45) is 12.8 Å². The summed E-state index contributed by atoms with van der Waals surface area (Å²) in [7, 11) is 4.04. The Hall–Kier alpha value is -4.98. The van der Waals surface area contributed by atoms with E-state index >= 15 is 0 Å². The van der Waals surface area contributed by atoms with Crippen LogP contribution in [-0.2, 0) is 26.1 Å². The van der Waals surface area contributed by atoms with Gasteiger partial charge in [0.2, 0.25) is 5.82 Å². The topological polar surface area (TPSA) is 149 Å². The third-order valence-electron chi connectivity index (χ3n) is 5.83. The van der Waals surface area contributed by atoms with Crippen molar-refractivity contribution in [3.05, 3.63) is 82.3 Å². The molecule has 0 fully saturated rings. The number of carbonyl (C=O) groups is 2. The van der Waals surface area contributed by atoms with Gasteiger partial charge in [0.25, 0.3) is 0 Å². The van der Waals surface area contributed by atoms with Gasteiger partial charge in [-0.15, -0.1) is 10.2 Å². The second-order valence-corrected chi connectivity index (χ2v) is 7.94. The van der Waals surface area contributed by atoms with Crippen LogP contribution < -0.4 is 10.6 Å². The molecule has 4 rings (SSSR count). The molecule has 0 saturated heterocycles. The summed E-state index contributed by atoms with van der Waals surface area (Å²) in [5, 5.41) is 22.3. The molecule has 0 spiro atoms. The van der Waals surface area contributed by atoms with E-state index in [9.17, 15) is 14.9 Å². The summed E-state index contributed by atoms with van der Waals surface area (Å²) in [4.78, 5) is 29.1. The molecule has 0 saturated carbocycles. The summed E-state index contributed by atoms with van der Waals surface area (Å²) < 4.78 is 10.2. The largest absolute Gasteiger partial charge is 0.466 e. The van der Waals surface area contributed by atoms with Crippen LogP contribution in [0.1, 0.15) is 17.0 Å². The zero-order valence-corrected chi connectivity index (χ0v) is 20.1. The Morgan fingerprint density at radius 1 is 1.08 bits per heavy atom. The van der Waals surface area contributed by atoms with Crippen LogP contribution in [0.4, 0.5) is 5.69 Å². The van der Waals surface area contributed by atoms with Gasteiger partial charge in [-0.3, -0.25) is 4.90 Å². The molecule has 0 amide bonds. The third-order valence-corrected chi connectivity index (χ3v) is 5.83. The lowest BCUT2D eigenvalue weighted by Crippen LogP contribution is -2.41. The van der Waals surface area contributed by atoms with E-state index in [0.717, 1.165) is 0 Å². The number of carbonyl (C=O) groups excluding carboxylic acids is 2. The maximum atomic E-state index is 13.2. The van der Waals surface area contributed by atoms with E-state index in [2.05, 4.69) is 21.5 Å². The molecule has 0 aliphatic carbocycles. The van der Waals surface area contributed by atoms with Crippen molar-refractivity contribution in [3.8, 4) is 17.5 Å². The number of methoxy groups -OCH3 is 2. The molecule has 1 atom stereocenters. The van der Waals surface area contributed by atoms with Crippen LogP contribution in [-0.4, -0.2) is 46.4 Å². The highest BCUT2D eigenvalue weighted by molar-refractivity contribution is 6.06. The van der Waals surface area contributed by atoms with E-state index < -0.39 is 17.9 Å². The van der Waals surface area contributed by atoms with Crippen molar-refractivity contribution in [1.82, 2.24) is 20.2 Å². The Morgan fingerprint density at radius 3 is 2.36 bits per heavy atom. The first kappa shape index (κ1) is 24.2. The predicted octanol–water partition coefficient (Wildman–Crippen LogP) is 2.08. The van der Waals surface area contributed by atoms with Gasteiger partial charge in [0.15, 0.2) is 0 Å². The number of esters is 2. The molecular weight excluding hydrogens is 462 g/mol. The number of aryl methyl sites for hydroxylation is 2. The summed E-state index contributed by atoms with van der Waals surface area (Å²) in [6.45, 7) is 1.80. The van der Waals surface area contributed by atoms with Crippen molar-refractivity contribution >= 4 is 17.6 Å². The second-order valence-electron chi connectivity index (χ2n) is 7.94. The Bertz CT molecular complexity index is 1450. The number of benzene rings is 2. The molecule has 11 nitrogen and oxygen atoms in total. The molecule has 0 bridgehead atoms. The van der Waals surface area contributed by atoms with Gasteiger partial charge < -0.3 is 15.2 Å². The van der Waals surface area contributed by atoms with E-state index in [0.29, 0.717) is 28.2 Å². The molecule has 3 aromatic rings. The number of aromatic nitrogens is 4. The predicted molar refractivity (Wildman–Crippen MR) is 129 cm³/mol. The number of nitriles is 1. The number of tetrazole rings is 1. The fourth-order valence-electron chi connectivity index (χ4n) is 4.15. The number of allylic oxidation sites excluding steroid dienone is 1. The van der Waals surface area contributed by atoms with Crippen molar-refractivity contribution in [3.63, 3.8) is 0 Å². The van der Waals surface area contributed by atoms with Gasteiger partial charge in [-0.25, -0.2) is 9.59 Å². The lowest BCUT2D eigenvalue weighted by molar-refractivity contribution is -0.139. The fraction of sp³-hybridized carbons (Fsp3) is 0.200. The molecular formula is C25H23N7O4. The number of hydrogen-bond acceptors (Lipinski definition) is 10. The minimum absolute atomic E-state index is 0.0215. The average molecular weight is 486 g/mol. The Labute approximate surface area is 207 Å². The lowest BCUT2D eigenvalue weighted by Gasteiger charge is -2.36. The number of hydrogen-bond donors (Lipinski definition) is 1. The summed E-state index contributed by atoms with van der Waals surface area (Å²) in [6, 6.07) is 16.2. The quantitative estimate of drug-likeness (QED) is 0.532. The van der Waals surface area contributed by atoms with Gasteiger partial charge in [-0.2, -0.15) is 10.1 Å². The number of rotatable bonds is 5. The highest BCUT2D eigenvalue weighted by Gasteiger charge is 2.43. The minimum atomic E-state index is -0.945. The van der Waals surface area contributed by atoms with Gasteiger partial charge in [0.1, 0.15) is 11.5 Å². The van der Waals surface area contributed by atoms with E-state index in [4.69, 9.17) is 15.2 Å². The molecule has 182 valence electrons. The SMILES string of the molecule is COC(=O)C1=C(C(=O)OC)N(c2cc(-c3nnn(C)n3)ccc2C)C(N)=C(C#N)C1c1ccccc1. The molecule has 36 heavy (non-hydrogen) atoms. The fourth-order valence-corrected chi connectivity index (χ4v) is 4.15. The van der Waals surface area contributed by atoms with E-state index in [1.54, 1.807) is 62.5 Å². The number of ether oxygens (including phenoxy) is 2. The van der Waals surface area contributed by atoms with Crippen molar-refractivity contribution in [2.45, 2.75) is 12.8 Å². The molecule has 2 N–H and O–H groups in total. The zero-order valence-electron chi connectivity index (χ0n) is 20.1. The minimum Gasteiger partial charge on any atom is -0.466 e. The smallest absolute Gasteiger partial charge is 0.355 e. The average Bonchev–Trinajstić information content (AvgIpc) is 3.34. The van der Waals surface area contributed by atoms with Crippen LogP contribution >= 0.6 is 0 Å².